The van der Waals surface area contributed by atoms with Crippen molar-refractivity contribution < 1.29 is 40.1 Å². The molecule has 0 aromatic heterocycles. The van der Waals surface area contributed by atoms with Crippen molar-refractivity contribution in [3.05, 3.63) is 0 Å². The summed E-state index contributed by atoms with van der Waals surface area (Å²) in [6.45, 7) is 5.65. The Bertz CT molecular complexity index is 455. The molecule has 2 rings (SSSR count). The van der Waals surface area contributed by atoms with Crippen molar-refractivity contribution in [2.45, 2.75) is 89.4 Å². The molecule has 0 bridgehead atoms. The summed E-state index contributed by atoms with van der Waals surface area (Å²) >= 11 is 0. The minimum Gasteiger partial charge on any atom is -0.394 e. The summed E-state index contributed by atoms with van der Waals surface area (Å²) < 4.78 is 11.1. The van der Waals surface area contributed by atoms with E-state index in [-0.39, 0.29) is 23.9 Å². The molecule has 2 aliphatic rings. The Morgan fingerprint density at radius 2 is 1.78 bits per heavy atom. The molecular formula is C19H36O8. The van der Waals surface area contributed by atoms with Gasteiger partial charge >= 0.3 is 0 Å². The zero-order valence-electron chi connectivity index (χ0n) is 16.4. The first kappa shape index (κ1) is 23.0. The molecule has 0 unspecified atom stereocenters. The molecule has 1 heterocycles. The van der Waals surface area contributed by atoms with Crippen LogP contribution in [0.2, 0.25) is 0 Å². The lowest BCUT2D eigenvalue weighted by Gasteiger charge is -2.47. The van der Waals surface area contributed by atoms with E-state index in [2.05, 4.69) is 13.8 Å². The second-order valence-electron chi connectivity index (χ2n) is 8.91. The number of ether oxygens (including phenoxy) is 2. The molecule has 160 valence electrons. The first-order valence-electron chi connectivity index (χ1n) is 9.85. The van der Waals surface area contributed by atoms with Crippen molar-refractivity contribution in [2.24, 2.45) is 17.3 Å². The number of rotatable bonds is 7. The molecule has 9 atom stereocenters. The predicted molar refractivity (Wildman–Crippen MR) is 96.6 cm³/mol. The zero-order valence-corrected chi connectivity index (χ0v) is 16.4. The SMILES string of the molecule is C[C@@H](O)CC[C@H]1[C@@H](CO[C@@H]2O[C@H](CO)[C@@H](O)[C@H](O)[C@H]2O)C[C@H](O)CC1(C)C. The summed E-state index contributed by atoms with van der Waals surface area (Å²) in [6, 6.07) is 0. The summed E-state index contributed by atoms with van der Waals surface area (Å²) in [7, 11) is 0. The van der Waals surface area contributed by atoms with E-state index in [1.807, 2.05) is 0 Å². The van der Waals surface area contributed by atoms with Gasteiger partial charge in [0.2, 0.25) is 0 Å². The molecule has 0 spiro atoms. The van der Waals surface area contributed by atoms with Gasteiger partial charge in [0.25, 0.3) is 0 Å². The van der Waals surface area contributed by atoms with Gasteiger partial charge in [0.05, 0.1) is 25.4 Å². The van der Waals surface area contributed by atoms with Gasteiger partial charge in [0.15, 0.2) is 6.29 Å². The lowest BCUT2D eigenvalue weighted by Crippen LogP contribution is -2.59. The van der Waals surface area contributed by atoms with Crippen LogP contribution in [-0.2, 0) is 9.47 Å². The van der Waals surface area contributed by atoms with Gasteiger partial charge in [-0.1, -0.05) is 13.8 Å². The Morgan fingerprint density at radius 3 is 2.37 bits per heavy atom. The number of aliphatic hydroxyl groups excluding tert-OH is 6. The number of hydrogen-bond acceptors (Lipinski definition) is 8. The maximum Gasteiger partial charge on any atom is 0.186 e. The molecule has 1 saturated heterocycles. The lowest BCUT2D eigenvalue weighted by molar-refractivity contribution is -0.305. The molecule has 1 saturated carbocycles. The van der Waals surface area contributed by atoms with E-state index >= 15 is 0 Å². The molecule has 8 heteroatoms. The second kappa shape index (κ2) is 9.45. The molecule has 1 aliphatic heterocycles. The Labute approximate surface area is 160 Å². The van der Waals surface area contributed by atoms with Crippen LogP contribution in [0, 0.1) is 17.3 Å². The van der Waals surface area contributed by atoms with Crippen LogP contribution in [0.25, 0.3) is 0 Å². The van der Waals surface area contributed by atoms with E-state index in [1.165, 1.54) is 0 Å². The third-order valence-corrected chi connectivity index (χ3v) is 6.13. The van der Waals surface area contributed by atoms with E-state index in [0.717, 1.165) is 6.42 Å². The van der Waals surface area contributed by atoms with Crippen LogP contribution < -0.4 is 0 Å². The van der Waals surface area contributed by atoms with Crippen LogP contribution in [0.1, 0.15) is 46.5 Å². The Morgan fingerprint density at radius 1 is 1.11 bits per heavy atom. The van der Waals surface area contributed by atoms with Crippen molar-refractivity contribution in [1.82, 2.24) is 0 Å². The van der Waals surface area contributed by atoms with Gasteiger partial charge in [0, 0.05) is 0 Å². The van der Waals surface area contributed by atoms with Crippen LogP contribution in [0.15, 0.2) is 0 Å². The fourth-order valence-electron chi connectivity index (χ4n) is 4.65. The molecule has 6 N–H and O–H groups in total. The summed E-state index contributed by atoms with van der Waals surface area (Å²) in [6.07, 6.45) is -4.68. The Balaban J connectivity index is 2.03. The van der Waals surface area contributed by atoms with E-state index in [4.69, 9.17) is 9.47 Å². The lowest BCUT2D eigenvalue weighted by atomic mass is 9.61. The highest BCUT2D eigenvalue weighted by Crippen LogP contribution is 2.47. The van der Waals surface area contributed by atoms with Crippen molar-refractivity contribution in [2.75, 3.05) is 13.2 Å². The van der Waals surface area contributed by atoms with Gasteiger partial charge in [-0.2, -0.15) is 0 Å². The van der Waals surface area contributed by atoms with E-state index in [9.17, 15) is 30.6 Å². The third-order valence-electron chi connectivity index (χ3n) is 6.13. The van der Waals surface area contributed by atoms with Crippen LogP contribution in [-0.4, -0.2) is 86.8 Å². The van der Waals surface area contributed by atoms with Crippen LogP contribution in [0.5, 0.6) is 0 Å². The van der Waals surface area contributed by atoms with E-state index < -0.39 is 49.5 Å². The van der Waals surface area contributed by atoms with E-state index in [1.54, 1.807) is 6.92 Å². The van der Waals surface area contributed by atoms with E-state index in [0.29, 0.717) is 19.3 Å². The first-order chi connectivity index (χ1) is 12.6. The minimum absolute atomic E-state index is 0.00475. The van der Waals surface area contributed by atoms with Crippen LogP contribution in [0.3, 0.4) is 0 Å². The van der Waals surface area contributed by atoms with Crippen molar-refractivity contribution >= 4 is 0 Å². The number of aliphatic hydroxyl groups is 6. The fraction of sp³-hybridized carbons (Fsp3) is 1.00. The average Bonchev–Trinajstić information content (AvgIpc) is 2.57. The highest BCUT2D eigenvalue weighted by molar-refractivity contribution is 4.93. The molecule has 8 nitrogen and oxygen atoms in total. The normalized spacial score (nSPS) is 43.4. The third kappa shape index (κ3) is 5.61. The van der Waals surface area contributed by atoms with Crippen molar-refractivity contribution in [3.8, 4) is 0 Å². The fourth-order valence-corrected chi connectivity index (χ4v) is 4.65. The van der Waals surface area contributed by atoms with Crippen LogP contribution in [0.4, 0.5) is 0 Å². The topological polar surface area (TPSA) is 140 Å². The summed E-state index contributed by atoms with van der Waals surface area (Å²) in [5.74, 6) is 0.204. The summed E-state index contributed by atoms with van der Waals surface area (Å²) in [5.41, 5.74) is -0.129. The van der Waals surface area contributed by atoms with Gasteiger partial charge in [-0.25, -0.2) is 0 Å². The van der Waals surface area contributed by atoms with Gasteiger partial charge in [-0.3, -0.25) is 0 Å². The summed E-state index contributed by atoms with van der Waals surface area (Å²) in [4.78, 5) is 0. The standard InChI is InChI=1S/C19H36O8/c1-10(21)4-5-13-11(6-12(22)7-19(13,2)3)9-26-18-17(25)16(24)15(23)14(8-20)27-18/h10-18,20-25H,4-9H2,1-3H3/t10-,11-,12+,13+,14-,15-,16+,17-,18-/m1/s1. The highest BCUT2D eigenvalue weighted by Gasteiger charge is 2.46. The second-order valence-corrected chi connectivity index (χ2v) is 8.91. The molecule has 0 aromatic carbocycles. The summed E-state index contributed by atoms with van der Waals surface area (Å²) in [5, 5.41) is 59.1. The maximum atomic E-state index is 10.3. The van der Waals surface area contributed by atoms with Gasteiger partial charge in [-0.15, -0.1) is 0 Å². The largest absolute Gasteiger partial charge is 0.394 e. The predicted octanol–water partition coefficient (Wildman–Crippen LogP) is -0.623. The molecule has 2 fully saturated rings. The molecular weight excluding hydrogens is 356 g/mol. The van der Waals surface area contributed by atoms with Gasteiger partial charge in [0.1, 0.15) is 24.4 Å². The average molecular weight is 392 g/mol. The van der Waals surface area contributed by atoms with Crippen molar-refractivity contribution in [3.63, 3.8) is 0 Å². The Kier molecular flexibility index (Phi) is 8.04. The van der Waals surface area contributed by atoms with Gasteiger partial charge in [-0.05, 0) is 49.9 Å². The Hall–Kier alpha value is -0.320. The quantitative estimate of drug-likeness (QED) is 0.337. The molecule has 1 aliphatic carbocycles. The highest BCUT2D eigenvalue weighted by atomic mass is 16.7. The first-order valence-corrected chi connectivity index (χ1v) is 9.85. The monoisotopic (exact) mass is 392 g/mol. The minimum atomic E-state index is -1.47. The molecule has 27 heavy (non-hydrogen) atoms. The maximum absolute atomic E-state index is 10.3. The van der Waals surface area contributed by atoms with Crippen LogP contribution >= 0.6 is 0 Å². The van der Waals surface area contributed by atoms with Crippen molar-refractivity contribution in [1.29, 1.82) is 0 Å². The zero-order chi connectivity index (χ0) is 20.4. The molecule has 0 aromatic rings. The smallest absolute Gasteiger partial charge is 0.186 e. The molecule has 0 radical (unpaired) electrons. The number of hydrogen-bond donors (Lipinski definition) is 6. The molecule has 0 amide bonds. The van der Waals surface area contributed by atoms with Gasteiger partial charge < -0.3 is 40.1 Å².